The second kappa shape index (κ2) is 4.21. The summed E-state index contributed by atoms with van der Waals surface area (Å²) in [6.07, 6.45) is 5.65. The fourth-order valence-corrected chi connectivity index (χ4v) is 1.63. The van der Waals surface area contributed by atoms with E-state index in [4.69, 9.17) is 0 Å². The number of allylic oxidation sites excluding steroid dienone is 3. The number of rotatable bonds is 1. The van der Waals surface area contributed by atoms with Crippen molar-refractivity contribution in [1.29, 1.82) is 0 Å². The van der Waals surface area contributed by atoms with E-state index in [2.05, 4.69) is 31.2 Å². The Balaban J connectivity index is 2.34. The summed E-state index contributed by atoms with van der Waals surface area (Å²) < 4.78 is 0. The Kier molecular flexibility index (Phi) is 2.76. The highest BCUT2D eigenvalue weighted by Gasteiger charge is 2.08. The molecule has 2 heteroatoms. The predicted molar refractivity (Wildman–Crippen MR) is 65.3 cm³/mol. The van der Waals surface area contributed by atoms with Crippen LogP contribution in [0.5, 0.6) is 0 Å². The molecular formula is C14H13NO. The molecule has 2 nitrogen and oxygen atoms in total. The standard InChI is InChI=1S/C14H13NO/c1-11-3-5-12(6-4-11)13-7-8-14(10-16)15(2)9-13/h3-9H,1-2H3. The van der Waals surface area contributed by atoms with E-state index in [1.807, 2.05) is 25.3 Å². The Labute approximate surface area is 95.2 Å². The van der Waals surface area contributed by atoms with Gasteiger partial charge in [-0.2, -0.15) is 0 Å². The number of aryl methyl sites for hydroxylation is 1. The van der Waals surface area contributed by atoms with E-state index in [0.29, 0.717) is 5.70 Å². The predicted octanol–water partition coefficient (Wildman–Crippen LogP) is 2.55. The Bertz CT molecular complexity index is 502. The van der Waals surface area contributed by atoms with Crippen LogP contribution in [0.3, 0.4) is 0 Å². The molecule has 1 aromatic rings. The lowest BCUT2D eigenvalue weighted by atomic mass is 10.0. The van der Waals surface area contributed by atoms with Crippen molar-refractivity contribution in [3.63, 3.8) is 0 Å². The SMILES string of the molecule is Cc1ccc(C2=CN(C)C(=C=O)C=C2)cc1. The van der Waals surface area contributed by atoms with Gasteiger partial charge in [0, 0.05) is 13.2 Å². The fourth-order valence-electron chi connectivity index (χ4n) is 1.63. The zero-order chi connectivity index (χ0) is 11.5. The molecule has 0 saturated carbocycles. The van der Waals surface area contributed by atoms with Crippen LogP contribution < -0.4 is 0 Å². The van der Waals surface area contributed by atoms with Crippen LogP contribution in [0.15, 0.2) is 48.3 Å². The van der Waals surface area contributed by atoms with Crippen LogP contribution in [0.4, 0.5) is 0 Å². The normalized spacial score (nSPS) is 14.8. The molecule has 0 fully saturated rings. The third kappa shape index (κ3) is 1.97. The molecule has 0 unspecified atom stereocenters. The van der Waals surface area contributed by atoms with E-state index in [1.165, 1.54) is 5.56 Å². The second-order valence-electron chi connectivity index (χ2n) is 3.88. The monoisotopic (exact) mass is 211 g/mol. The van der Waals surface area contributed by atoms with Gasteiger partial charge < -0.3 is 4.90 Å². The quantitative estimate of drug-likeness (QED) is 0.665. The molecule has 2 rings (SSSR count). The van der Waals surface area contributed by atoms with E-state index >= 15 is 0 Å². The maximum Gasteiger partial charge on any atom is 0.150 e. The molecule has 0 saturated heterocycles. The smallest absolute Gasteiger partial charge is 0.150 e. The first-order chi connectivity index (χ1) is 7.70. The summed E-state index contributed by atoms with van der Waals surface area (Å²) in [4.78, 5) is 12.4. The first-order valence-corrected chi connectivity index (χ1v) is 5.15. The van der Waals surface area contributed by atoms with E-state index in [9.17, 15) is 4.79 Å². The van der Waals surface area contributed by atoms with Gasteiger partial charge in [-0.3, -0.25) is 0 Å². The Morgan fingerprint density at radius 3 is 2.38 bits per heavy atom. The van der Waals surface area contributed by atoms with Crippen molar-refractivity contribution >= 4 is 11.5 Å². The molecule has 0 aromatic heterocycles. The number of hydrogen-bond donors (Lipinski definition) is 0. The van der Waals surface area contributed by atoms with Crippen LogP contribution in [0.2, 0.25) is 0 Å². The Morgan fingerprint density at radius 2 is 1.81 bits per heavy atom. The summed E-state index contributed by atoms with van der Waals surface area (Å²) in [6, 6.07) is 8.31. The summed E-state index contributed by atoms with van der Waals surface area (Å²) in [5.74, 6) is 1.90. The molecule has 1 aromatic carbocycles. The molecule has 0 spiro atoms. The van der Waals surface area contributed by atoms with E-state index in [-0.39, 0.29) is 0 Å². The van der Waals surface area contributed by atoms with Gasteiger partial charge in [0.1, 0.15) is 5.70 Å². The lowest BCUT2D eigenvalue weighted by Gasteiger charge is -2.18. The first kappa shape index (κ1) is 10.5. The van der Waals surface area contributed by atoms with Gasteiger partial charge in [0.15, 0.2) is 5.94 Å². The summed E-state index contributed by atoms with van der Waals surface area (Å²) in [7, 11) is 1.85. The van der Waals surface area contributed by atoms with Crippen LogP contribution in [0.1, 0.15) is 11.1 Å². The van der Waals surface area contributed by atoms with Gasteiger partial charge >= 0.3 is 0 Å². The van der Waals surface area contributed by atoms with Crippen molar-refractivity contribution < 1.29 is 4.79 Å². The van der Waals surface area contributed by atoms with Crippen molar-refractivity contribution in [2.45, 2.75) is 6.92 Å². The average molecular weight is 211 g/mol. The lowest BCUT2D eigenvalue weighted by molar-refractivity contribution is 0.544. The molecular weight excluding hydrogens is 198 g/mol. The zero-order valence-corrected chi connectivity index (χ0v) is 9.40. The molecule has 0 N–H and O–H groups in total. The minimum Gasteiger partial charge on any atom is -0.341 e. The zero-order valence-electron chi connectivity index (χ0n) is 9.40. The Morgan fingerprint density at radius 1 is 1.12 bits per heavy atom. The average Bonchev–Trinajstić information content (AvgIpc) is 2.30. The number of nitrogens with zero attached hydrogens (tertiary/aromatic N) is 1. The number of carbonyl (C=O) groups excluding carboxylic acids is 1. The van der Waals surface area contributed by atoms with Gasteiger partial charge in [-0.25, -0.2) is 4.79 Å². The molecule has 0 bridgehead atoms. The van der Waals surface area contributed by atoms with Crippen molar-refractivity contribution in [2.75, 3.05) is 7.05 Å². The number of likely N-dealkylation sites (N-methyl/N-ethyl adjacent to an activating group) is 1. The highest BCUT2D eigenvalue weighted by Crippen LogP contribution is 2.22. The summed E-state index contributed by atoms with van der Waals surface area (Å²) in [6.45, 7) is 2.06. The van der Waals surface area contributed by atoms with Crippen LogP contribution in [0, 0.1) is 6.92 Å². The van der Waals surface area contributed by atoms with Crippen molar-refractivity contribution in [3.8, 4) is 0 Å². The van der Waals surface area contributed by atoms with Gasteiger partial charge in [-0.05, 0) is 24.1 Å². The maximum absolute atomic E-state index is 10.6. The molecule has 1 aliphatic heterocycles. The minimum absolute atomic E-state index is 0.552. The van der Waals surface area contributed by atoms with Gasteiger partial charge in [0.05, 0.1) is 0 Å². The third-order valence-electron chi connectivity index (χ3n) is 2.62. The Hall–Kier alpha value is -2.05. The largest absolute Gasteiger partial charge is 0.341 e. The molecule has 0 atom stereocenters. The van der Waals surface area contributed by atoms with Crippen molar-refractivity contribution in [3.05, 3.63) is 59.4 Å². The number of hydrogen-bond acceptors (Lipinski definition) is 2. The summed E-state index contributed by atoms with van der Waals surface area (Å²) in [5.41, 5.74) is 4.04. The van der Waals surface area contributed by atoms with Crippen molar-refractivity contribution in [2.24, 2.45) is 0 Å². The summed E-state index contributed by atoms with van der Waals surface area (Å²) >= 11 is 0. The van der Waals surface area contributed by atoms with E-state index in [0.717, 1.165) is 11.1 Å². The molecule has 1 heterocycles. The molecule has 0 radical (unpaired) electrons. The van der Waals surface area contributed by atoms with Gasteiger partial charge in [-0.15, -0.1) is 0 Å². The lowest BCUT2D eigenvalue weighted by Crippen LogP contribution is -2.12. The highest BCUT2D eigenvalue weighted by atomic mass is 16.1. The van der Waals surface area contributed by atoms with Crippen LogP contribution >= 0.6 is 0 Å². The molecule has 1 aliphatic rings. The van der Waals surface area contributed by atoms with Gasteiger partial charge in [-0.1, -0.05) is 35.9 Å². The maximum atomic E-state index is 10.6. The summed E-state index contributed by atoms with van der Waals surface area (Å²) in [5, 5.41) is 0. The highest BCUT2D eigenvalue weighted by molar-refractivity contribution is 5.77. The van der Waals surface area contributed by atoms with E-state index in [1.54, 1.807) is 11.0 Å². The molecule has 0 amide bonds. The van der Waals surface area contributed by atoms with Crippen LogP contribution in [-0.2, 0) is 4.79 Å². The van der Waals surface area contributed by atoms with E-state index < -0.39 is 0 Å². The third-order valence-corrected chi connectivity index (χ3v) is 2.62. The van der Waals surface area contributed by atoms with Crippen LogP contribution in [-0.4, -0.2) is 17.9 Å². The second-order valence-corrected chi connectivity index (χ2v) is 3.88. The topological polar surface area (TPSA) is 20.3 Å². The van der Waals surface area contributed by atoms with Gasteiger partial charge in [0.25, 0.3) is 0 Å². The fraction of sp³-hybridized carbons (Fsp3) is 0.143. The van der Waals surface area contributed by atoms with Crippen molar-refractivity contribution in [1.82, 2.24) is 4.90 Å². The molecule has 80 valence electrons. The molecule has 16 heavy (non-hydrogen) atoms. The van der Waals surface area contributed by atoms with Gasteiger partial charge in [0.2, 0.25) is 0 Å². The minimum atomic E-state index is 0.552. The molecule has 0 aliphatic carbocycles. The first-order valence-electron chi connectivity index (χ1n) is 5.15. The number of benzene rings is 1. The van der Waals surface area contributed by atoms with Crippen LogP contribution in [0.25, 0.3) is 5.57 Å².